The van der Waals surface area contributed by atoms with Crippen LogP contribution in [0.4, 0.5) is 17.6 Å². The van der Waals surface area contributed by atoms with E-state index in [9.17, 15) is 22.7 Å². The third-order valence-corrected chi connectivity index (χ3v) is 4.48. The van der Waals surface area contributed by atoms with E-state index in [4.69, 9.17) is 9.26 Å². The van der Waals surface area contributed by atoms with Gasteiger partial charge in [-0.05, 0) is 31.0 Å². The maximum atomic E-state index is 14.0. The Morgan fingerprint density at radius 1 is 1.10 bits per heavy atom. The van der Waals surface area contributed by atoms with Crippen molar-refractivity contribution in [2.45, 2.75) is 31.0 Å². The molecule has 0 atom stereocenters. The Bertz CT molecular complexity index is 989. The predicted octanol–water partition coefficient (Wildman–Crippen LogP) is 0.692. The van der Waals surface area contributed by atoms with Gasteiger partial charge in [-0.25, -0.2) is 9.37 Å². The van der Waals surface area contributed by atoms with E-state index in [2.05, 4.69) is 15.1 Å². The van der Waals surface area contributed by atoms with Crippen LogP contribution in [0.1, 0.15) is 30.0 Å². The molecule has 0 radical (unpaired) electrons. The molecule has 11 heteroatoms. The minimum absolute atomic E-state index is 0. The van der Waals surface area contributed by atoms with Crippen molar-refractivity contribution < 1.29 is 61.5 Å². The average molecular weight is 417 g/mol. The number of pyridine rings is 2. The van der Waals surface area contributed by atoms with Gasteiger partial charge in [-0.1, -0.05) is 5.16 Å². The third-order valence-electron chi connectivity index (χ3n) is 4.48. The molecule has 0 amide bonds. The Labute approximate surface area is 184 Å². The van der Waals surface area contributed by atoms with Gasteiger partial charge in [-0.3, -0.25) is 4.98 Å². The van der Waals surface area contributed by atoms with Crippen molar-refractivity contribution in [1.82, 2.24) is 15.1 Å². The Morgan fingerprint density at radius 3 is 2.41 bits per heavy atom. The number of halogens is 4. The Kier molecular flexibility index (Phi) is 6.16. The van der Waals surface area contributed by atoms with E-state index in [1.165, 1.54) is 12.3 Å². The van der Waals surface area contributed by atoms with Gasteiger partial charge in [-0.15, -0.1) is 0 Å². The second-order valence-corrected chi connectivity index (χ2v) is 6.41. The summed E-state index contributed by atoms with van der Waals surface area (Å²) in [7, 11) is 0. The van der Waals surface area contributed by atoms with Gasteiger partial charge < -0.3 is 14.4 Å². The molecule has 3 heterocycles. The normalized spacial score (nSPS) is 18.6. The minimum atomic E-state index is -4.63. The third kappa shape index (κ3) is 4.71. The Hall–Kier alpha value is -2.17. The molecule has 6 nitrogen and oxygen atoms in total. The van der Waals surface area contributed by atoms with Crippen LogP contribution in [0, 0.1) is 5.82 Å². The summed E-state index contributed by atoms with van der Waals surface area (Å²) >= 11 is 0. The molecule has 0 N–H and O–H groups in total. The van der Waals surface area contributed by atoms with Gasteiger partial charge in [0.2, 0.25) is 5.88 Å². The zero-order chi connectivity index (χ0) is 19.9. The van der Waals surface area contributed by atoms with Crippen LogP contribution in [0.3, 0.4) is 0 Å². The first-order chi connectivity index (χ1) is 13.3. The maximum Gasteiger partial charge on any atom is 1.00 e. The van der Waals surface area contributed by atoms with Crippen molar-refractivity contribution in [2.75, 3.05) is 0 Å². The average Bonchev–Trinajstić information content (AvgIpc) is 3.04. The van der Waals surface area contributed by atoms with Crippen LogP contribution in [0.2, 0.25) is 0 Å². The number of alkyl halides is 3. The number of nitrogens with zero attached hydrogens (tertiary/aromatic N) is 3. The maximum absolute atomic E-state index is 14.0. The van der Waals surface area contributed by atoms with Crippen molar-refractivity contribution >= 4 is 0 Å². The van der Waals surface area contributed by atoms with Crippen molar-refractivity contribution in [1.29, 1.82) is 0 Å². The fourth-order valence-corrected chi connectivity index (χ4v) is 2.95. The summed E-state index contributed by atoms with van der Waals surface area (Å²) in [6.45, 7) is 0. The van der Waals surface area contributed by atoms with Gasteiger partial charge in [0, 0.05) is 35.8 Å². The molecule has 3 aromatic rings. The van der Waals surface area contributed by atoms with Gasteiger partial charge in [0.1, 0.15) is 11.9 Å². The topological polar surface area (TPSA) is 84.1 Å². The minimum Gasteiger partial charge on any atom is -0.856 e. The van der Waals surface area contributed by atoms with Crippen LogP contribution in [0.25, 0.3) is 11.3 Å². The first-order valence-electron chi connectivity index (χ1n) is 8.29. The number of rotatable bonds is 4. The number of aromatic nitrogens is 3. The molecule has 1 aliphatic carbocycles. The van der Waals surface area contributed by atoms with E-state index >= 15 is 0 Å². The van der Waals surface area contributed by atoms with Crippen LogP contribution in [-0.2, 0) is 6.18 Å². The van der Waals surface area contributed by atoms with E-state index < -0.39 is 23.4 Å². The molecule has 0 spiro atoms. The van der Waals surface area contributed by atoms with E-state index in [0.717, 1.165) is 0 Å². The smallest absolute Gasteiger partial charge is 0.856 e. The molecule has 0 aromatic carbocycles. The van der Waals surface area contributed by atoms with E-state index in [0.29, 0.717) is 36.5 Å². The fraction of sp³-hybridized carbons (Fsp3) is 0.278. The summed E-state index contributed by atoms with van der Waals surface area (Å²) in [4.78, 5) is 7.76. The van der Waals surface area contributed by atoms with Crippen LogP contribution in [0.5, 0.6) is 11.8 Å². The molecule has 1 aliphatic rings. The van der Waals surface area contributed by atoms with Gasteiger partial charge >= 0.3 is 35.7 Å². The second kappa shape index (κ2) is 8.29. The molecule has 29 heavy (non-hydrogen) atoms. The molecule has 1 saturated carbocycles. The van der Waals surface area contributed by atoms with Crippen LogP contribution in [-0.4, -0.2) is 21.2 Å². The molecule has 4 rings (SSSR count). The van der Waals surface area contributed by atoms with Crippen LogP contribution < -0.4 is 39.4 Å². The molecule has 0 aliphatic heterocycles. The van der Waals surface area contributed by atoms with E-state index in [-0.39, 0.29) is 53.0 Å². The zero-order valence-corrected chi connectivity index (χ0v) is 17.1. The second-order valence-electron chi connectivity index (χ2n) is 6.41. The standard InChI is InChI=1S/C18H13F4N3O3.Na/c19-13-5-11(18(20,21)22)8-24-17(13)10-3-12(4-10)27-16-2-1-9(7-23-16)14-6-15(26)25-28-14;/h1-2,5-8,10,12H,3-4H2,(H,25,26);/q;+1/p-1/t10-,12+;. The Balaban J connectivity index is 0.00000240. The monoisotopic (exact) mass is 417 g/mol. The van der Waals surface area contributed by atoms with Gasteiger partial charge in [-0.2, -0.15) is 13.2 Å². The number of ether oxygens (including phenoxy) is 1. The largest absolute Gasteiger partial charge is 1.00 e. The predicted molar refractivity (Wildman–Crippen MR) is 84.8 cm³/mol. The summed E-state index contributed by atoms with van der Waals surface area (Å²) in [5, 5.41) is 14.3. The first-order valence-corrected chi connectivity index (χ1v) is 8.29. The quantitative estimate of drug-likeness (QED) is 0.459. The number of hydrogen-bond acceptors (Lipinski definition) is 6. The van der Waals surface area contributed by atoms with Crippen molar-refractivity contribution in [3.05, 3.63) is 53.7 Å². The molecular formula is C18H12F4N3NaO3. The van der Waals surface area contributed by atoms with Gasteiger partial charge in [0.15, 0.2) is 5.76 Å². The molecular weight excluding hydrogens is 405 g/mol. The summed E-state index contributed by atoms with van der Waals surface area (Å²) in [5.41, 5.74) is -0.541. The molecule has 3 aromatic heterocycles. The van der Waals surface area contributed by atoms with Gasteiger partial charge in [0.25, 0.3) is 0 Å². The van der Waals surface area contributed by atoms with E-state index in [1.54, 1.807) is 12.1 Å². The van der Waals surface area contributed by atoms with Crippen molar-refractivity contribution in [2.24, 2.45) is 0 Å². The van der Waals surface area contributed by atoms with Crippen molar-refractivity contribution in [3.63, 3.8) is 0 Å². The molecule has 146 valence electrons. The first kappa shape index (κ1) is 21.5. The van der Waals surface area contributed by atoms with Crippen LogP contribution in [0.15, 0.2) is 41.2 Å². The molecule has 0 bridgehead atoms. The van der Waals surface area contributed by atoms with Crippen molar-refractivity contribution in [3.8, 4) is 23.1 Å². The van der Waals surface area contributed by atoms with E-state index in [1.807, 2.05) is 0 Å². The molecule has 0 unspecified atom stereocenters. The summed E-state index contributed by atoms with van der Waals surface area (Å²) in [5.74, 6) is -1.15. The molecule has 1 fully saturated rings. The van der Waals surface area contributed by atoms with Crippen LogP contribution >= 0.6 is 0 Å². The SMILES string of the molecule is [Na+].[O-]c1cc(-c2ccc(O[C@H]3C[C@@H](c4ncc(C(F)(F)F)cc4F)C3)nc2)on1. The summed E-state index contributed by atoms with van der Waals surface area (Å²) in [6.07, 6.45) is -1.94. The number of hydrogen-bond donors (Lipinski definition) is 0. The summed E-state index contributed by atoms with van der Waals surface area (Å²) in [6, 6.07) is 4.94. The molecule has 0 saturated heterocycles. The zero-order valence-electron chi connectivity index (χ0n) is 15.1. The Morgan fingerprint density at radius 2 is 1.86 bits per heavy atom. The van der Waals surface area contributed by atoms with Gasteiger partial charge in [0.05, 0.1) is 11.3 Å². The summed E-state index contributed by atoms with van der Waals surface area (Å²) < 4.78 is 62.2. The fourth-order valence-electron chi connectivity index (χ4n) is 2.95.